The lowest BCUT2D eigenvalue weighted by Gasteiger charge is -1.96. The van der Waals surface area contributed by atoms with Crippen LogP contribution in [0.3, 0.4) is 0 Å². The Morgan fingerprint density at radius 2 is 1.86 bits per heavy atom. The lowest BCUT2D eigenvalue weighted by atomic mass is 10.1. The number of thiophene rings is 1. The van der Waals surface area contributed by atoms with Crippen molar-refractivity contribution in [3.05, 3.63) is 57.8 Å². The van der Waals surface area contributed by atoms with E-state index in [9.17, 15) is 0 Å². The number of hydrogen-bond donors (Lipinski definition) is 1. The third-order valence-corrected chi connectivity index (χ3v) is 3.09. The van der Waals surface area contributed by atoms with Gasteiger partial charge in [-0.15, -0.1) is 11.3 Å². The largest absolute Gasteiger partial charge is 0.391 e. The zero-order valence-corrected chi connectivity index (χ0v) is 8.63. The van der Waals surface area contributed by atoms with E-state index in [4.69, 9.17) is 5.11 Å². The monoisotopic (exact) mass is 204 g/mol. The molecule has 1 N–H and O–H groups in total. The summed E-state index contributed by atoms with van der Waals surface area (Å²) in [6.07, 6.45) is 0.956. The summed E-state index contributed by atoms with van der Waals surface area (Å²) >= 11 is 1.62. The number of benzene rings is 1. The fourth-order valence-electron chi connectivity index (χ4n) is 1.43. The average Bonchev–Trinajstić information content (AvgIpc) is 2.67. The molecule has 0 fully saturated rings. The van der Waals surface area contributed by atoms with Gasteiger partial charge in [-0.25, -0.2) is 0 Å². The quantitative estimate of drug-likeness (QED) is 0.815. The van der Waals surface area contributed by atoms with Crippen molar-refractivity contribution in [3.63, 3.8) is 0 Å². The summed E-state index contributed by atoms with van der Waals surface area (Å²) in [4.78, 5) is 1.04. The predicted octanol–water partition coefficient (Wildman–Crippen LogP) is 2.83. The molecule has 72 valence electrons. The zero-order valence-electron chi connectivity index (χ0n) is 7.81. The van der Waals surface area contributed by atoms with E-state index in [1.54, 1.807) is 11.3 Å². The highest BCUT2D eigenvalue weighted by molar-refractivity contribution is 7.10. The highest BCUT2D eigenvalue weighted by Crippen LogP contribution is 2.17. The first-order valence-electron chi connectivity index (χ1n) is 4.59. The van der Waals surface area contributed by atoms with Crippen LogP contribution in [-0.2, 0) is 13.0 Å². The molecule has 0 spiro atoms. The van der Waals surface area contributed by atoms with Crippen molar-refractivity contribution < 1.29 is 5.11 Å². The van der Waals surface area contributed by atoms with E-state index in [2.05, 4.69) is 35.7 Å². The van der Waals surface area contributed by atoms with Crippen LogP contribution in [0.1, 0.15) is 16.0 Å². The molecule has 0 unspecified atom stereocenters. The first kappa shape index (κ1) is 9.44. The van der Waals surface area contributed by atoms with Crippen LogP contribution < -0.4 is 0 Å². The lowest BCUT2D eigenvalue weighted by Crippen LogP contribution is -1.84. The van der Waals surface area contributed by atoms with Crippen LogP contribution in [0.15, 0.2) is 41.8 Å². The Labute approximate surface area is 87.7 Å². The van der Waals surface area contributed by atoms with Crippen molar-refractivity contribution in [3.8, 4) is 0 Å². The van der Waals surface area contributed by atoms with Crippen LogP contribution >= 0.6 is 11.3 Å². The summed E-state index contributed by atoms with van der Waals surface area (Å²) in [6.45, 7) is 0.152. The summed E-state index contributed by atoms with van der Waals surface area (Å²) < 4.78 is 0. The fourth-order valence-corrected chi connectivity index (χ4v) is 2.18. The molecular formula is C12H12OS. The maximum Gasteiger partial charge on any atom is 0.0774 e. The maximum absolute atomic E-state index is 8.93. The van der Waals surface area contributed by atoms with E-state index in [0.717, 1.165) is 11.3 Å². The highest BCUT2D eigenvalue weighted by atomic mass is 32.1. The van der Waals surface area contributed by atoms with Gasteiger partial charge in [-0.05, 0) is 29.0 Å². The van der Waals surface area contributed by atoms with Crippen molar-refractivity contribution in [2.45, 2.75) is 13.0 Å². The van der Waals surface area contributed by atoms with E-state index >= 15 is 0 Å². The molecule has 0 saturated carbocycles. The van der Waals surface area contributed by atoms with Gasteiger partial charge < -0.3 is 5.11 Å². The third kappa shape index (κ3) is 2.22. The Hall–Kier alpha value is -1.12. The molecule has 2 aromatic rings. The normalized spacial score (nSPS) is 10.4. The van der Waals surface area contributed by atoms with Gasteiger partial charge in [-0.2, -0.15) is 0 Å². The van der Waals surface area contributed by atoms with Gasteiger partial charge in [-0.1, -0.05) is 30.3 Å². The summed E-state index contributed by atoms with van der Waals surface area (Å²) in [7, 11) is 0. The van der Waals surface area contributed by atoms with Gasteiger partial charge in [0.05, 0.1) is 6.61 Å². The fraction of sp³-hybridized carbons (Fsp3) is 0.167. The molecule has 2 heteroatoms. The van der Waals surface area contributed by atoms with Gasteiger partial charge in [-0.3, -0.25) is 0 Å². The maximum atomic E-state index is 8.93. The van der Waals surface area contributed by atoms with Gasteiger partial charge in [0, 0.05) is 4.88 Å². The van der Waals surface area contributed by atoms with Crippen LogP contribution in [0.5, 0.6) is 0 Å². The second kappa shape index (κ2) is 4.40. The van der Waals surface area contributed by atoms with E-state index in [1.807, 2.05) is 6.07 Å². The average molecular weight is 204 g/mol. The molecular weight excluding hydrogens is 192 g/mol. The topological polar surface area (TPSA) is 20.2 Å². The Morgan fingerprint density at radius 3 is 2.50 bits per heavy atom. The molecule has 14 heavy (non-hydrogen) atoms. The van der Waals surface area contributed by atoms with E-state index in [0.29, 0.717) is 0 Å². The van der Waals surface area contributed by atoms with E-state index in [-0.39, 0.29) is 6.61 Å². The van der Waals surface area contributed by atoms with Crippen LogP contribution in [0, 0.1) is 0 Å². The molecule has 0 aliphatic heterocycles. The standard InChI is InChI=1S/C12H12OS/c13-8-12-7-11(9-14-12)6-10-4-2-1-3-5-10/h1-5,7,9,13H,6,8H2. The molecule has 1 aromatic heterocycles. The Morgan fingerprint density at radius 1 is 1.07 bits per heavy atom. The second-order valence-electron chi connectivity index (χ2n) is 3.24. The molecule has 0 bridgehead atoms. The van der Waals surface area contributed by atoms with E-state index in [1.165, 1.54) is 11.1 Å². The summed E-state index contributed by atoms with van der Waals surface area (Å²) in [5, 5.41) is 11.0. The van der Waals surface area contributed by atoms with Crippen LogP contribution in [-0.4, -0.2) is 5.11 Å². The number of aliphatic hydroxyl groups is 1. The Bertz CT molecular complexity index is 392. The van der Waals surface area contributed by atoms with Crippen LogP contribution in [0.25, 0.3) is 0 Å². The third-order valence-electron chi connectivity index (χ3n) is 2.11. The number of aliphatic hydroxyl groups excluding tert-OH is 1. The van der Waals surface area contributed by atoms with Gasteiger partial charge in [0.15, 0.2) is 0 Å². The summed E-state index contributed by atoms with van der Waals surface area (Å²) in [5.74, 6) is 0. The minimum atomic E-state index is 0.152. The second-order valence-corrected chi connectivity index (χ2v) is 4.24. The molecule has 0 aliphatic rings. The Balaban J connectivity index is 2.11. The minimum Gasteiger partial charge on any atom is -0.391 e. The molecule has 1 aromatic carbocycles. The van der Waals surface area contributed by atoms with Crippen molar-refractivity contribution in [2.75, 3.05) is 0 Å². The molecule has 0 radical (unpaired) electrons. The molecule has 1 nitrogen and oxygen atoms in total. The van der Waals surface area contributed by atoms with E-state index < -0.39 is 0 Å². The smallest absolute Gasteiger partial charge is 0.0774 e. The predicted molar refractivity (Wildman–Crippen MR) is 59.5 cm³/mol. The van der Waals surface area contributed by atoms with Crippen LogP contribution in [0.4, 0.5) is 0 Å². The van der Waals surface area contributed by atoms with Crippen molar-refractivity contribution in [1.29, 1.82) is 0 Å². The number of hydrogen-bond acceptors (Lipinski definition) is 2. The highest BCUT2D eigenvalue weighted by Gasteiger charge is 1.99. The van der Waals surface area contributed by atoms with Gasteiger partial charge >= 0.3 is 0 Å². The van der Waals surface area contributed by atoms with Crippen molar-refractivity contribution in [1.82, 2.24) is 0 Å². The first-order valence-corrected chi connectivity index (χ1v) is 5.47. The molecule has 0 atom stereocenters. The van der Waals surface area contributed by atoms with Gasteiger partial charge in [0.25, 0.3) is 0 Å². The minimum absolute atomic E-state index is 0.152. The van der Waals surface area contributed by atoms with Crippen LogP contribution in [0.2, 0.25) is 0 Å². The number of rotatable bonds is 3. The molecule has 2 rings (SSSR count). The summed E-state index contributed by atoms with van der Waals surface area (Å²) in [5.41, 5.74) is 2.60. The first-order chi connectivity index (χ1) is 6.88. The lowest BCUT2D eigenvalue weighted by molar-refractivity contribution is 0.285. The molecule has 0 saturated heterocycles. The molecule has 0 aliphatic carbocycles. The summed E-state index contributed by atoms with van der Waals surface area (Å²) in [6, 6.07) is 12.4. The molecule has 1 heterocycles. The zero-order chi connectivity index (χ0) is 9.80. The Kier molecular flexibility index (Phi) is 2.96. The van der Waals surface area contributed by atoms with Gasteiger partial charge in [0.1, 0.15) is 0 Å². The SMILES string of the molecule is OCc1cc(Cc2ccccc2)cs1. The van der Waals surface area contributed by atoms with Crippen molar-refractivity contribution in [2.24, 2.45) is 0 Å². The van der Waals surface area contributed by atoms with Gasteiger partial charge in [0.2, 0.25) is 0 Å². The molecule has 0 amide bonds. The van der Waals surface area contributed by atoms with Crippen molar-refractivity contribution >= 4 is 11.3 Å².